The summed E-state index contributed by atoms with van der Waals surface area (Å²) < 4.78 is 0. The lowest BCUT2D eigenvalue weighted by molar-refractivity contribution is -0.117. The zero-order valence-electron chi connectivity index (χ0n) is 10.3. The Morgan fingerprint density at radius 1 is 1.47 bits per heavy atom. The molecule has 88 valence electrons. The van der Waals surface area contributed by atoms with Gasteiger partial charge < -0.3 is 9.69 Å². The number of carbonyl (C=O) groups excluding carboxylic acids is 1. The number of carbonyl (C=O) groups is 1. The van der Waals surface area contributed by atoms with Crippen molar-refractivity contribution in [2.45, 2.75) is 38.6 Å². The number of likely N-dealkylation sites (tertiary alicyclic amines) is 1. The van der Waals surface area contributed by atoms with Gasteiger partial charge in [0.15, 0.2) is 0 Å². The van der Waals surface area contributed by atoms with Crippen LogP contribution in [0, 0.1) is 0 Å². The van der Waals surface area contributed by atoms with Crippen LogP contribution >= 0.6 is 0 Å². The van der Waals surface area contributed by atoms with Crippen LogP contribution < -0.4 is 0 Å². The number of Topliss-reactive ketones (excluding diaryl/α,β-unsaturated/α-hetero) is 1. The van der Waals surface area contributed by atoms with Crippen molar-refractivity contribution < 1.29 is 4.79 Å². The fraction of sp³-hybridized carbons (Fsp3) is 0.917. The standard InChI is InChI=1S/C12H24N2O/c1-11(15)6-4-8-14-9-5-7-12(14)10-13(2)3/h12H,4-10H2,1-3H3. The van der Waals surface area contributed by atoms with Gasteiger partial charge in [-0.2, -0.15) is 0 Å². The maximum Gasteiger partial charge on any atom is 0.129 e. The van der Waals surface area contributed by atoms with Crippen molar-refractivity contribution in [3.8, 4) is 0 Å². The van der Waals surface area contributed by atoms with Gasteiger partial charge in [-0.3, -0.25) is 4.90 Å². The highest BCUT2D eigenvalue weighted by Crippen LogP contribution is 2.18. The molecule has 3 nitrogen and oxygen atoms in total. The van der Waals surface area contributed by atoms with Crippen molar-refractivity contribution in [2.24, 2.45) is 0 Å². The molecule has 0 N–H and O–H groups in total. The molecular formula is C12H24N2O. The van der Waals surface area contributed by atoms with Crippen LogP contribution in [0.1, 0.15) is 32.6 Å². The van der Waals surface area contributed by atoms with Gasteiger partial charge in [0.1, 0.15) is 5.78 Å². The maximum atomic E-state index is 10.9. The molecule has 1 atom stereocenters. The lowest BCUT2D eigenvalue weighted by Gasteiger charge is -2.26. The molecule has 0 spiro atoms. The third-order valence-corrected chi connectivity index (χ3v) is 3.05. The first-order valence-corrected chi connectivity index (χ1v) is 5.98. The molecule has 1 saturated heterocycles. The summed E-state index contributed by atoms with van der Waals surface area (Å²) in [5.74, 6) is 0.318. The summed E-state index contributed by atoms with van der Waals surface area (Å²) in [4.78, 5) is 15.7. The summed E-state index contributed by atoms with van der Waals surface area (Å²) in [6.07, 6.45) is 4.40. The Labute approximate surface area is 93.4 Å². The molecule has 1 heterocycles. The van der Waals surface area contributed by atoms with Crippen LogP contribution in [0.2, 0.25) is 0 Å². The highest BCUT2D eigenvalue weighted by molar-refractivity contribution is 5.75. The van der Waals surface area contributed by atoms with E-state index in [1.165, 1.54) is 19.4 Å². The second-order valence-corrected chi connectivity index (χ2v) is 4.90. The second-order valence-electron chi connectivity index (χ2n) is 4.90. The van der Waals surface area contributed by atoms with Gasteiger partial charge in [0.2, 0.25) is 0 Å². The van der Waals surface area contributed by atoms with Crippen LogP contribution in [0.25, 0.3) is 0 Å². The fourth-order valence-electron chi connectivity index (χ4n) is 2.35. The summed E-state index contributed by atoms with van der Waals surface area (Å²) >= 11 is 0. The van der Waals surface area contributed by atoms with Gasteiger partial charge in [0, 0.05) is 19.0 Å². The largest absolute Gasteiger partial charge is 0.308 e. The van der Waals surface area contributed by atoms with Gasteiger partial charge in [0.05, 0.1) is 0 Å². The molecule has 0 radical (unpaired) electrons. The van der Waals surface area contributed by atoms with E-state index in [9.17, 15) is 4.79 Å². The minimum absolute atomic E-state index is 0.318. The molecule has 0 amide bonds. The molecule has 1 aliphatic heterocycles. The van der Waals surface area contributed by atoms with E-state index in [0.29, 0.717) is 11.8 Å². The van der Waals surface area contributed by atoms with Crippen LogP contribution in [0.4, 0.5) is 0 Å². The number of hydrogen-bond donors (Lipinski definition) is 0. The van der Waals surface area contributed by atoms with Crippen molar-refractivity contribution in [1.29, 1.82) is 0 Å². The van der Waals surface area contributed by atoms with Crippen LogP contribution in [0.3, 0.4) is 0 Å². The molecule has 15 heavy (non-hydrogen) atoms. The molecule has 0 aromatic rings. The van der Waals surface area contributed by atoms with Gasteiger partial charge in [-0.15, -0.1) is 0 Å². The molecule has 0 aromatic heterocycles. The Hall–Kier alpha value is -0.410. The lowest BCUT2D eigenvalue weighted by atomic mass is 10.2. The topological polar surface area (TPSA) is 23.6 Å². The molecule has 1 rings (SSSR count). The Kier molecular flexibility index (Phi) is 5.26. The Bertz CT molecular complexity index is 204. The quantitative estimate of drug-likeness (QED) is 0.664. The van der Waals surface area contributed by atoms with Crippen LogP contribution in [0.15, 0.2) is 0 Å². The third-order valence-electron chi connectivity index (χ3n) is 3.05. The van der Waals surface area contributed by atoms with Crippen LogP contribution in [-0.2, 0) is 4.79 Å². The molecule has 0 saturated carbocycles. The predicted molar refractivity (Wildman–Crippen MR) is 63.1 cm³/mol. The number of nitrogens with zero attached hydrogens (tertiary/aromatic N) is 2. The molecule has 0 aromatic carbocycles. The number of ketones is 1. The minimum Gasteiger partial charge on any atom is -0.308 e. The average Bonchev–Trinajstić information content (AvgIpc) is 2.51. The zero-order valence-corrected chi connectivity index (χ0v) is 10.3. The van der Waals surface area contributed by atoms with E-state index in [0.717, 1.165) is 25.9 Å². The Morgan fingerprint density at radius 3 is 2.80 bits per heavy atom. The van der Waals surface area contributed by atoms with E-state index >= 15 is 0 Å². The van der Waals surface area contributed by atoms with E-state index in [4.69, 9.17) is 0 Å². The van der Waals surface area contributed by atoms with Gasteiger partial charge in [-0.1, -0.05) is 0 Å². The first-order chi connectivity index (χ1) is 7.09. The van der Waals surface area contributed by atoms with Gasteiger partial charge in [0.25, 0.3) is 0 Å². The van der Waals surface area contributed by atoms with Crippen molar-refractivity contribution in [3.63, 3.8) is 0 Å². The highest BCUT2D eigenvalue weighted by Gasteiger charge is 2.23. The molecule has 0 bridgehead atoms. The van der Waals surface area contributed by atoms with Gasteiger partial charge in [-0.05, 0) is 53.4 Å². The SMILES string of the molecule is CC(=O)CCCN1CCCC1CN(C)C. The average molecular weight is 212 g/mol. The Morgan fingerprint density at radius 2 is 2.20 bits per heavy atom. The number of likely N-dealkylation sites (N-methyl/N-ethyl adjacent to an activating group) is 1. The van der Waals surface area contributed by atoms with E-state index < -0.39 is 0 Å². The van der Waals surface area contributed by atoms with E-state index in [2.05, 4.69) is 23.9 Å². The molecule has 1 aliphatic rings. The zero-order chi connectivity index (χ0) is 11.3. The van der Waals surface area contributed by atoms with Crippen molar-refractivity contribution in [2.75, 3.05) is 33.7 Å². The number of hydrogen-bond acceptors (Lipinski definition) is 3. The second kappa shape index (κ2) is 6.23. The first kappa shape index (κ1) is 12.7. The summed E-state index contributed by atoms with van der Waals surface area (Å²) in [6, 6.07) is 0.715. The van der Waals surface area contributed by atoms with Gasteiger partial charge >= 0.3 is 0 Å². The lowest BCUT2D eigenvalue weighted by Crippen LogP contribution is -2.38. The normalized spacial score (nSPS) is 22.5. The summed E-state index contributed by atoms with van der Waals surface area (Å²) in [5, 5.41) is 0. The predicted octanol–water partition coefficient (Wildman–Crippen LogP) is 1.38. The van der Waals surface area contributed by atoms with Gasteiger partial charge in [-0.25, -0.2) is 0 Å². The van der Waals surface area contributed by atoms with Crippen LogP contribution in [-0.4, -0.2) is 55.4 Å². The summed E-state index contributed by atoms with van der Waals surface area (Å²) in [5.41, 5.74) is 0. The van der Waals surface area contributed by atoms with E-state index in [1.807, 2.05) is 0 Å². The van der Waals surface area contributed by atoms with E-state index in [-0.39, 0.29) is 0 Å². The van der Waals surface area contributed by atoms with Crippen molar-refractivity contribution >= 4 is 5.78 Å². The van der Waals surface area contributed by atoms with Crippen LogP contribution in [0.5, 0.6) is 0 Å². The smallest absolute Gasteiger partial charge is 0.129 e. The molecule has 1 unspecified atom stereocenters. The summed E-state index contributed by atoms with van der Waals surface area (Å²) in [6.45, 7) is 5.15. The Balaban J connectivity index is 2.24. The third kappa shape index (κ3) is 4.76. The number of rotatable bonds is 6. The fourth-order valence-corrected chi connectivity index (χ4v) is 2.35. The highest BCUT2D eigenvalue weighted by atomic mass is 16.1. The molecular weight excluding hydrogens is 188 g/mol. The van der Waals surface area contributed by atoms with Crippen molar-refractivity contribution in [1.82, 2.24) is 9.80 Å². The molecule has 0 aliphatic carbocycles. The van der Waals surface area contributed by atoms with Crippen molar-refractivity contribution in [3.05, 3.63) is 0 Å². The first-order valence-electron chi connectivity index (χ1n) is 5.98. The summed E-state index contributed by atoms with van der Waals surface area (Å²) in [7, 11) is 4.26. The monoisotopic (exact) mass is 212 g/mol. The minimum atomic E-state index is 0.318. The molecule has 3 heteroatoms. The maximum absolute atomic E-state index is 10.9. The van der Waals surface area contributed by atoms with E-state index in [1.54, 1.807) is 6.92 Å². The molecule has 1 fully saturated rings.